The van der Waals surface area contributed by atoms with Crippen LogP contribution in [0.1, 0.15) is 12.1 Å². The van der Waals surface area contributed by atoms with E-state index in [1.165, 1.54) is 0 Å². The van der Waals surface area contributed by atoms with E-state index in [0.717, 1.165) is 29.3 Å². The van der Waals surface area contributed by atoms with Crippen LogP contribution in [-0.4, -0.2) is 18.2 Å². The van der Waals surface area contributed by atoms with E-state index in [4.69, 9.17) is 9.47 Å². The molecule has 1 N–H and O–H groups in total. The van der Waals surface area contributed by atoms with E-state index in [1.54, 1.807) is 6.20 Å². The molecule has 4 heteroatoms. The molecular weight excluding hydrogens is 240 g/mol. The molecule has 2 heterocycles. The molecule has 1 aliphatic heterocycles. The Bertz CT molecular complexity index is 543. The maximum absolute atomic E-state index is 5.66. The average molecular weight is 256 g/mol. The minimum absolute atomic E-state index is 0.695. The lowest BCUT2D eigenvalue weighted by Crippen LogP contribution is -2.01. The number of aromatic nitrogens is 1. The van der Waals surface area contributed by atoms with Crippen LogP contribution in [0.3, 0.4) is 0 Å². The summed E-state index contributed by atoms with van der Waals surface area (Å²) in [5.74, 6) is 1.63. The maximum Gasteiger partial charge on any atom is 0.163 e. The molecule has 4 nitrogen and oxygen atoms in total. The van der Waals surface area contributed by atoms with E-state index in [2.05, 4.69) is 10.3 Å². The average Bonchev–Trinajstić information content (AvgIpc) is 2.71. The van der Waals surface area contributed by atoms with Gasteiger partial charge in [0.05, 0.1) is 25.5 Å². The predicted octanol–water partition coefficient (Wildman–Crippen LogP) is 2.86. The van der Waals surface area contributed by atoms with Crippen molar-refractivity contribution in [3.63, 3.8) is 0 Å². The number of fused-ring (bicyclic) bond motifs is 1. The molecular formula is C15H16N2O2. The van der Waals surface area contributed by atoms with Gasteiger partial charge in [-0.3, -0.25) is 4.98 Å². The highest BCUT2D eigenvalue weighted by atomic mass is 16.5. The number of nitrogens with one attached hydrogen (secondary N) is 1. The van der Waals surface area contributed by atoms with Crippen LogP contribution in [0.5, 0.6) is 11.5 Å². The lowest BCUT2D eigenvalue weighted by molar-refractivity contribution is 0.297. The van der Waals surface area contributed by atoms with Crippen LogP contribution in [0.2, 0.25) is 0 Å². The van der Waals surface area contributed by atoms with Gasteiger partial charge in [0, 0.05) is 24.4 Å². The first-order chi connectivity index (χ1) is 9.42. The van der Waals surface area contributed by atoms with E-state index in [0.29, 0.717) is 19.8 Å². The Morgan fingerprint density at radius 2 is 1.95 bits per heavy atom. The summed E-state index contributed by atoms with van der Waals surface area (Å²) in [7, 11) is 0. The molecule has 0 amide bonds. The van der Waals surface area contributed by atoms with Gasteiger partial charge in [-0.1, -0.05) is 6.07 Å². The lowest BCUT2D eigenvalue weighted by atomic mass is 10.2. The molecule has 1 aromatic heterocycles. The second-order valence-corrected chi connectivity index (χ2v) is 4.39. The largest absolute Gasteiger partial charge is 0.490 e. The zero-order valence-corrected chi connectivity index (χ0v) is 10.6. The Labute approximate surface area is 112 Å². The molecule has 0 saturated heterocycles. The summed E-state index contributed by atoms with van der Waals surface area (Å²) in [6, 6.07) is 11.8. The van der Waals surface area contributed by atoms with Crippen LogP contribution in [0, 0.1) is 0 Å². The van der Waals surface area contributed by atoms with Crippen molar-refractivity contribution in [2.45, 2.75) is 13.0 Å². The SMILES string of the molecule is c1ccc(CNc2ccc3c(c2)OCCCO3)nc1. The summed E-state index contributed by atoms with van der Waals surface area (Å²) in [5.41, 5.74) is 2.02. The van der Waals surface area contributed by atoms with Crippen LogP contribution in [0.4, 0.5) is 5.69 Å². The Hall–Kier alpha value is -2.23. The van der Waals surface area contributed by atoms with Crippen LogP contribution in [0.15, 0.2) is 42.6 Å². The standard InChI is InChI=1S/C15H16N2O2/c1-2-7-16-13(4-1)11-17-12-5-6-14-15(10-12)19-9-3-8-18-14/h1-2,4-7,10,17H,3,8-9,11H2. The highest BCUT2D eigenvalue weighted by Gasteiger charge is 2.10. The second kappa shape index (κ2) is 5.61. The minimum Gasteiger partial charge on any atom is -0.490 e. The van der Waals surface area contributed by atoms with Crippen LogP contribution in [-0.2, 0) is 6.54 Å². The van der Waals surface area contributed by atoms with Gasteiger partial charge in [0.1, 0.15) is 0 Å². The number of hydrogen-bond acceptors (Lipinski definition) is 4. The monoisotopic (exact) mass is 256 g/mol. The smallest absolute Gasteiger partial charge is 0.163 e. The van der Waals surface area contributed by atoms with Gasteiger partial charge < -0.3 is 14.8 Å². The molecule has 0 saturated carbocycles. The molecule has 0 atom stereocenters. The van der Waals surface area contributed by atoms with Gasteiger partial charge in [-0.2, -0.15) is 0 Å². The Morgan fingerprint density at radius 3 is 2.79 bits per heavy atom. The number of anilines is 1. The molecule has 2 aromatic rings. The minimum atomic E-state index is 0.695. The van der Waals surface area contributed by atoms with Crippen molar-refractivity contribution in [1.82, 2.24) is 4.98 Å². The number of rotatable bonds is 3. The van der Waals surface area contributed by atoms with Crippen molar-refractivity contribution in [3.05, 3.63) is 48.3 Å². The van der Waals surface area contributed by atoms with Crippen LogP contribution >= 0.6 is 0 Å². The van der Waals surface area contributed by atoms with Gasteiger partial charge in [0.25, 0.3) is 0 Å². The van der Waals surface area contributed by atoms with E-state index in [1.807, 2.05) is 36.4 Å². The van der Waals surface area contributed by atoms with E-state index >= 15 is 0 Å². The first-order valence-electron chi connectivity index (χ1n) is 6.45. The van der Waals surface area contributed by atoms with Crippen molar-refractivity contribution in [2.75, 3.05) is 18.5 Å². The molecule has 0 bridgehead atoms. The molecule has 0 aliphatic carbocycles. The van der Waals surface area contributed by atoms with Crippen molar-refractivity contribution >= 4 is 5.69 Å². The van der Waals surface area contributed by atoms with Gasteiger partial charge in [-0.05, 0) is 24.3 Å². The molecule has 1 aromatic carbocycles. The third kappa shape index (κ3) is 2.96. The van der Waals surface area contributed by atoms with Gasteiger partial charge in [-0.25, -0.2) is 0 Å². The summed E-state index contributed by atoms with van der Waals surface area (Å²) < 4.78 is 11.3. The summed E-state index contributed by atoms with van der Waals surface area (Å²) >= 11 is 0. The fraction of sp³-hybridized carbons (Fsp3) is 0.267. The number of nitrogens with zero attached hydrogens (tertiary/aromatic N) is 1. The number of benzene rings is 1. The zero-order chi connectivity index (χ0) is 12.9. The number of hydrogen-bond donors (Lipinski definition) is 1. The normalized spacial score (nSPS) is 13.7. The van der Waals surface area contributed by atoms with E-state index in [9.17, 15) is 0 Å². The lowest BCUT2D eigenvalue weighted by Gasteiger charge is -2.10. The molecule has 0 unspecified atom stereocenters. The Kier molecular flexibility index (Phi) is 3.49. The van der Waals surface area contributed by atoms with Crippen molar-refractivity contribution in [3.8, 4) is 11.5 Å². The van der Waals surface area contributed by atoms with Crippen LogP contribution in [0.25, 0.3) is 0 Å². The zero-order valence-electron chi connectivity index (χ0n) is 10.6. The molecule has 0 fully saturated rings. The fourth-order valence-electron chi connectivity index (χ4n) is 1.97. The summed E-state index contributed by atoms with van der Waals surface area (Å²) in [4.78, 5) is 4.28. The second-order valence-electron chi connectivity index (χ2n) is 4.39. The quantitative estimate of drug-likeness (QED) is 0.917. The van der Waals surface area contributed by atoms with E-state index in [-0.39, 0.29) is 0 Å². The van der Waals surface area contributed by atoms with Crippen molar-refractivity contribution in [1.29, 1.82) is 0 Å². The molecule has 0 radical (unpaired) electrons. The van der Waals surface area contributed by atoms with Crippen LogP contribution < -0.4 is 14.8 Å². The maximum atomic E-state index is 5.66. The summed E-state index contributed by atoms with van der Waals surface area (Å²) in [6.07, 6.45) is 2.72. The van der Waals surface area contributed by atoms with Crippen molar-refractivity contribution < 1.29 is 9.47 Å². The molecule has 19 heavy (non-hydrogen) atoms. The third-order valence-corrected chi connectivity index (χ3v) is 2.95. The Morgan fingerprint density at radius 1 is 1.05 bits per heavy atom. The van der Waals surface area contributed by atoms with Gasteiger partial charge in [-0.15, -0.1) is 0 Å². The topological polar surface area (TPSA) is 43.4 Å². The molecule has 98 valence electrons. The van der Waals surface area contributed by atoms with Crippen molar-refractivity contribution in [2.24, 2.45) is 0 Å². The summed E-state index contributed by atoms with van der Waals surface area (Å²) in [5, 5.41) is 3.33. The summed E-state index contributed by atoms with van der Waals surface area (Å²) in [6.45, 7) is 2.12. The van der Waals surface area contributed by atoms with Gasteiger partial charge in [0.2, 0.25) is 0 Å². The Balaban J connectivity index is 1.70. The molecule has 3 rings (SSSR count). The first kappa shape index (κ1) is 11.8. The fourth-order valence-corrected chi connectivity index (χ4v) is 1.97. The third-order valence-electron chi connectivity index (χ3n) is 2.95. The van der Waals surface area contributed by atoms with Gasteiger partial charge >= 0.3 is 0 Å². The highest BCUT2D eigenvalue weighted by Crippen LogP contribution is 2.32. The first-order valence-corrected chi connectivity index (χ1v) is 6.45. The number of pyridine rings is 1. The number of ether oxygens (including phenoxy) is 2. The molecule has 0 spiro atoms. The van der Waals surface area contributed by atoms with E-state index < -0.39 is 0 Å². The molecule has 1 aliphatic rings. The highest BCUT2D eigenvalue weighted by molar-refractivity contribution is 5.55. The predicted molar refractivity (Wildman–Crippen MR) is 73.6 cm³/mol. The van der Waals surface area contributed by atoms with Gasteiger partial charge in [0.15, 0.2) is 11.5 Å².